The van der Waals surface area contributed by atoms with Crippen LogP contribution in [0, 0.1) is 5.41 Å². The second-order valence-corrected chi connectivity index (χ2v) is 4.57. The van der Waals surface area contributed by atoms with Crippen molar-refractivity contribution in [2.45, 2.75) is 0 Å². The van der Waals surface area contributed by atoms with E-state index < -0.39 is 30.6 Å². The highest BCUT2D eigenvalue weighted by atomic mass is 16.5. The summed E-state index contributed by atoms with van der Waals surface area (Å²) in [5, 5.41) is 18.8. The lowest BCUT2D eigenvalue weighted by molar-refractivity contribution is -0.145. The van der Waals surface area contributed by atoms with Crippen molar-refractivity contribution < 1.29 is 29.3 Å². The molecule has 0 saturated carbocycles. The number of rotatable bonds is 8. The van der Waals surface area contributed by atoms with Crippen molar-refractivity contribution in [2.75, 3.05) is 26.4 Å². The van der Waals surface area contributed by atoms with Crippen LogP contribution >= 0.6 is 0 Å². The maximum absolute atomic E-state index is 11.8. The number of carbonyl (C=O) groups is 2. The van der Waals surface area contributed by atoms with Crippen molar-refractivity contribution in [2.24, 2.45) is 5.41 Å². The van der Waals surface area contributed by atoms with Gasteiger partial charge >= 0.3 is 11.9 Å². The average Bonchev–Trinajstić information content (AvgIpc) is 2.55. The Hall–Kier alpha value is -2.18. The molecule has 0 fully saturated rings. The first-order valence-electron chi connectivity index (χ1n) is 6.30. The highest BCUT2D eigenvalue weighted by Crippen LogP contribution is 2.18. The van der Waals surface area contributed by atoms with Crippen molar-refractivity contribution in [1.82, 2.24) is 0 Å². The minimum absolute atomic E-state index is 0.280. The summed E-state index contributed by atoms with van der Waals surface area (Å²) in [6, 6.07) is 8.30. The largest absolute Gasteiger partial charge is 0.462 e. The molecule has 0 aromatic heterocycles. The van der Waals surface area contributed by atoms with Gasteiger partial charge in [0.2, 0.25) is 0 Å². The number of esters is 2. The van der Waals surface area contributed by atoms with Crippen LogP contribution in [-0.2, 0) is 14.3 Å². The third kappa shape index (κ3) is 5.02. The maximum atomic E-state index is 11.8. The Labute approximate surface area is 122 Å². The van der Waals surface area contributed by atoms with Crippen LogP contribution in [-0.4, -0.2) is 48.6 Å². The maximum Gasteiger partial charge on any atom is 0.338 e. The summed E-state index contributed by atoms with van der Waals surface area (Å²) in [5.41, 5.74) is -0.895. The quantitative estimate of drug-likeness (QED) is 0.537. The smallest absolute Gasteiger partial charge is 0.338 e. The minimum atomic E-state index is -1.25. The highest BCUT2D eigenvalue weighted by Gasteiger charge is 2.32. The van der Waals surface area contributed by atoms with Crippen molar-refractivity contribution in [1.29, 1.82) is 0 Å². The van der Waals surface area contributed by atoms with Crippen LogP contribution in [0.25, 0.3) is 0 Å². The molecule has 21 heavy (non-hydrogen) atoms. The fraction of sp³-hybridized carbons (Fsp3) is 0.333. The molecule has 0 radical (unpaired) electrons. The number of aliphatic hydroxyl groups excluding tert-OH is 2. The predicted octanol–water partition coefficient (Wildman–Crippen LogP) is 0.544. The fourth-order valence-corrected chi connectivity index (χ4v) is 1.43. The molecule has 6 nitrogen and oxygen atoms in total. The van der Waals surface area contributed by atoms with Gasteiger partial charge in [-0.15, -0.1) is 0 Å². The van der Waals surface area contributed by atoms with Crippen LogP contribution in [0.5, 0.6) is 0 Å². The van der Waals surface area contributed by atoms with Gasteiger partial charge in [0.15, 0.2) is 0 Å². The molecule has 0 amide bonds. The van der Waals surface area contributed by atoms with Crippen LogP contribution in [0.3, 0.4) is 0 Å². The van der Waals surface area contributed by atoms with Crippen molar-refractivity contribution >= 4 is 11.9 Å². The van der Waals surface area contributed by atoms with E-state index in [-0.39, 0.29) is 13.2 Å². The van der Waals surface area contributed by atoms with E-state index >= 15 is 0 Å². The SMILES string of the molecule is C=CC(=O)OCC(CO)(CO)COC(=O)c1ccccc1. The zero-order chi connectivity index (χ0) is 15.7. The molecule has 114 valence electrons. The molecule has 1 aromatic carbocycles. The summed E-state index contributed by atoms with van der Waals surface area (Å²) in [5.74, 6) is -1.27. The molecule has 0 aliphatic carbocycles. The monoisotopic (exact) mass is 294 g/mol. The third-order valence-corrected chi connectivity index (χ3v) is 2.88. The molecule has 0 saturated heterocycles. The molecule has 0 spiro atoms. The van der Waals surface area contributed by atoms with E-state index in [2.05, 4.69) is 6.58 Å². The Morgan fingerprint density at radius 3 is 2.19 bits per heavy atom. The molecule has 0 aliphatic rings. The van der Waals surface area contributed by atoms with Crippen LogP contribution in [0.1, 0.15) is 10.4 Å². The zero-order valence-electron chi connectivity index (χ0n) is 11.5. The van der Waals surface area contributed by atoms with Crippen molar-refractivity contribution in [3.05, 3.63) is 48.6 Å². The van der Waals surface area contributed by atoms with Crippen LogP contribution in [0.15, 0.2) is 43.0 Å². The highest BCUT2D eigenvalue weighted by molar-refractivity contribution is 5.89. The van der Waals surface area contributed by atoms with Gasteiger partial charge in [0.05, 0.1) is 24.2 Å². The van der Waals surface area contributed by atoms with E-state index in [9.17, 15) is 19.8 Å². The number of carbonyl (C=O) groups excluding carboxylic acids is 2. The summed E-state index contributed by atoms with van der Waals surface area (Å²) >= 11 is 0. The molecule has 2 N–H and O–H groups in total. The first kappa shape index (κ1) is 16.9. The molecule has 0 atom stereocenters. The normalized spacial score (nSPS) is 10.8. The summed E-state index contributed by atoms with van der Waals surface area (Å²) < 4.78 is 9.87. The number of benzene rings is 1. The van der Waals surface area contributed by atoms with E-state index in [1.165, 1.54) is 0 Å². The molecular formula is C15H18O6. The van der Waals surface area contributed by atoms with E-state index in [0.717, 1.165) is 6.08 Å². The molecule has 0 unspecified atom stereocenters. The molecule has 1 aromatic rings. The number of ether oxygens (including phenoxy) is 2. The molecule has 6 heteroatoms. The summed E-state index contributed by atoms with van der Waals surface area (Å²) in [4.78, 5) is 22.8. The van der Waals surface area contributed by atoms with Gasteiger partial charge in [0, 0.05) is 6.08 Å². The fourth-order valence-electron chi connectivity index (χ4n) is 1.43. The van der Waals surface area contributed by atoms with Gasteiger partial charge in [0.25, 0.3) is 0 Å². The van der Waals surface area contributed by atoms with E-state index in [4.69, 9.17) is 9.47 Å². The summed E-state index contributed by atoms with van der Waals surface area (Å²) in [6.45, 7) is 1.67. The Balaban J connectivity index is 2.63. The third-order valence-electron chi connectivity index (χ3n) is 2.88. The topological polar surface area (TPSA) is 93.1 Å². The van der Waals surface area contributed by atoms with Crippen LogP contribution in [0.2, 0.25) is 0 Å². The lowest BCUT2D eigenvalue weighted by Gasteiger charge is -2.28. The Morgan fingerprint density at radius 1 is 1.10 bits per heavy atom. The van der Waals surface area contributed by atoms with Gasteiger partial charge in [-0.3, -0.25) is 0 Å². The first-order valence-corrected chi connectivity index (χ1v) is 6.30. The second kappa shape index (κ2) is 8.18. The number of aliphatic hydroxyl groups is 2. The van der Waals surface area contributed by atoms with Crippen molar-refractivity contribution in [3.8, 4) is 0 Å². The van der Waals surface area contributed by atoms with Gasteiger partial charge < -0.3 is 19.7 Å². The predicted molar refractivity (Wildman–Crippen MR) is 74.5 cm³/mol. The Kier molecular flexibility index (Phi) is 6.58. The van der Waals surface area contributed by atoms with Gasteiger partial charge in [-0.25, -0.2) is 9.59 Å². The number of hydrogen-bond acceptors (Lipinski definition) is 6. The average molecular weight is 294 g/mol. The molecule has 0 aliphatic heterocycles. The van der Waals surface area contributed by atoms with E-state index in [0.29, 0.717) is 5.56 Å². The lowest BCUT2D eigenvalue weighted by atomic mass is 9.92. The molecule has 0 bridgehead atoms. The second-order valence-electron chi connectivity index (χ2n) is 4.57. The van der Waals surface area contributed by atoms with Gasteiger partial charge in [-0.05, 0) is 12.1 Å². The summed E-state index contributed by atoms with van der Waals surface area (Å²) in [7, 11) is 0. The van der Waals surface area contributed by atoms with Gasteiger partial charge in [-0.1, -0.05) is 24.8 Å². The Bertz CT molecular complexity index is 478. The van der Waals surface area contributed by atoms with Crippen LogP contribution in [0.4, 0.5) is 0 Å². The summed E-state index contributed by atoms with van der Waals surface area (Å²) in [6.07, 6.45) is 0.968. The van der Waals surface area contributed by atoms with Gasteiger partial charge in [-0.2, -0.15) is 0 Å². The molecule has 0 heterocycles. The van der Waals surface area contributed by atoms with Gasteiger partial charge in [0.1, 0.15) is 13.2 Å². The van der Waals surface area contributed by atoms with Crippen molar-refractivity contribution in [3.63, 3.8) is 0 Å². The lowest BCUT2D eigenvalue weighted by Crippen LogP contribution is -2.41. The minimum Gasteiger partial charge on any atom is -0.462 e. The molecular weight excluding hydrogens is 276 g/mol. The Morgan fingerprint density at radius 2 is 1.67 bits per heavy atom. The first-order chi connectivity index (χ1) is 10.1. The zero-order valence-corrected chi connectivity index (χ0v) is 11.5. The van der Waals surface area contributed by atoms with E-state index in [1.807, 2.05) is 0 Å². The number of hydrogen-bond donors (Lipinski definition) is 2. The van der Waals surface area contributed by atoms with E-state index in [1.54, 1.807) is 30.3 Å². The standard InChI is InChI=1S/C15H18O6/c1-2-13(18)20-10-15(8-16,9-17)11-21-14(19)12-6-4-3-5-7-12/h2-7,16-17H,1,8-11H2. The van der Waals surface area contributed by atoms with Crippen LogP contribution < -0.4 is 0 Å². The molecule has 1 rings (SSSR count).